The van der Waals surface area contributed by atoms with Gasteiger partial charge in [-0.05, 0) is 116 Å². The van der Waals surface area contributed by atoms with E-state index in [1.807, 2.05) is 6.08 Å². The number of allylic oxidation sites excluding steroid dienone is 18. The van der Waals surface area contributed by atoms with E-state index in [0.29, 0.717) is 19.3 Å². The Balaban J connectivity index is 4.49. The zero-order valence-electron chi connectivity index (χ0n) is 47.6. The molecule has 0 bridgehead atoms. The molecule has 1 atom stereocenters. The Labute approximate surface area is 450 Å². The molecule has 0 aliphatic heterocycles. The molecule has 0 N–H and O–H groups in total. The second-order valence-electron chi connectivity index (χ2n) is 19.9. The highest BCUT2D eigenvalue weighted by molar-refractivity contribution is 5.71. The second kappa shape index (κ2) is 60.6. The summed E-state index contributed by atoms with van der Waals surface area (Å²) in [6.07, 6.45) is 82.4. The normalized spacial score (nSPS) is 12.9. The standard InChI is InChI=1S/C67H112O6/c1-4-7-10-13-16-19-22-25-28-30-32-33-35-36-39-42-45-48-51-54-57-60-66(69)72-63-64(62-71-65(68)59-56-53-50-47-44-41-38-27-24-21-18-15-12-9-6-3)73-67(70)61-58-55-52-49-46-43-40-37-34-31-29-26-23-20-17-14-11-8-5-2/h8,11,17-18,20-21,26-27,29-30,32,34,37-38,43,46,52,55,64H,4-7,9-10,12-16,19,22-25,28,31,33,35-36,39-42,44-45,47-51,53-54,56-63H2,1-3H3/b11-8-,20-17-,21-18-,29-26-,32-30-,37-34-,38-27-,46-43-,55-52-. The third-order valence-corrected chi connectivity index (χ3v) is 12.7. The van der Waals surface area contributed by atoms with Crippen molar-refractivity contribution in [3.8, 4) is 0 Å². The summed E-state index contributed by atoms with van der Waals surface area (Å²) in [5.41, 5.74) is 0. The number of hydrogen-bond donors (Lipinski definition) is 0. The highest BCUT2D eigenvalue weighted by atomic mass is 16.6. The van der Waals surface area contributed by atoms with Crippen LogP contribution >= 0.6 is 0 Å². The summed E-state index contributed by atoms with van der Waals surface area (Å²) in [5.74, 6) is -1.01. The SMILES string of the molecule is CC/C=C\C/C=C\C/C=C\C/C=C\C/C=C\C/C=C\CCC(=O)OC(COC(=O)CCCCCCC/C=C\C/C=C\CCCCC)COC(=O)CCCCCCCCCCC/C=C\CCCCCCCCCC. The zero-order chi connectivity index (χ0) is 52.9. The van der Waals surface area contributed by atoms with Crippen LogP contribution < -0.4 is 0 Å². The maximum absolute atomic E-state index is 12.8. The molecule has 416 valence electrons. The molecule has 1 unspecified atom stereocenters. The monoisotopic (exact) mass is 1010 g/mol. The summed E-state index contributed by atoms with van der Waals surface area (Å²) in [6.45, 7) is 6.44. The molecule has 0 saturated carbocycles. The third kappa shape index (κ3) is 58.8. The first-order chi connectivity index (χ1) is 36.0. The lowest BCUT2D eigenvalue weighted by Crippen LogP contribution is -2.30. The average Bonchev–Trinajstić information content (AvgIpc) is 3.39. The predicted octanol–water partition coefficient (Wildman–Crippen LogP) is 20.7. The second-order valence-corrected chi connectivity index (χ2v) is 19.9. The Morgan fingerprint density at radius 3 is 0.932 bits per heavy atom. The molecule has 73 heavy (non-hydrogen) atoms. The van der Waals surface area contributed by atoms with Crippen molar-refractivity contribution < 1.29 is 28.6 Å². The summed E-state index contributed by atoms with van der Waals surface area (Å²) >= 11 is 0. The molecule has 6 nitrogen and oxygen atoms in total. The molecule has 0 aromatic carbocycles. The summed E-state index contributed by atoms with van der Waals surface area (Å²) in [7, 11) is 0. The number of esters is 3. The Kier molecular flexibility index (Phi) is 57.4. The summed E-state index contributed by atoms with van der Waals surface area (Å²) in [4.78, 5) is 38.2. The van der Waals surface area contributed by atoms with Gasteiger partial charge in [0.2, 0.25) is 0 Å². The predicted molar refractivity (Wildman–Crippen MR) is 316 cm³/mol. The van der Waals surface area contributed by atoms with Crippen LogP contribution in [0.4, 0.5) is 0 Å². The minimum Gasteiger partial charge on any atom is -0.462 e. The molecule has 0 aromatic rings. The number of carbonyl (C=O) groups is 3. The largest absolute Gasteiger partial charge is 0.462 e. The van der Waals surface area contributed by atoms with Crippen LogP contribution in [0.3, 0.4) is 0 Å². The van der Waals surface area contributed by atoms with Gasteiger partial charge in [-0.3, -0.25) is 14.4 Å². The Bertz CT molecular complexity index is 1490. The van der Waals surface area contributed by atoms with Gasteiger partial charge in [-0.15, -0.1) is 0 Å². The first-order valence-electron chi connectivity index (χ1n) is 30.4. The first kappa shape index (κ1) is 69.1. The van der Waals surface area contributed by atoms with Gasteiger partial charge in [-0.1, -0.05) is 252 Å². The van der Waals surface area contributed by atoms with Gasteiger partial charge in [0.1, 0.15) is 13.2 Å². The fraction of sp³-hybridized carbons (Fsp3) is 0.687. The van der Waals surface area contributed by atoms with Gasteiger partial charge < -0.3 is 14.2 Å². The maximum Gasteiger partial charge on any atom is 0.306 e. The Hall–Kier alpha value is -3.93. The number of unbranched alkanes of at least 4 members (excludes halogenated alkanes) is 25. The molecule has 0 fully saturated rings. The molecular formula is C67H112O6. The minimum absolute atomic E-state index is 0.115. The van der Waals surface area contributed by atoms with Crippen molar-refractivity contribution in [3.63, 3.8) is 0 Å². The van der Waals surface area contributed by atoms with Gasteiger partial charge in [0, 0.05) is 19.3 Å². The fourth-order valence-electron chi connectivity index (χ4n) is 8.20. The van der Waals surface area contributed by atoms with Gasteiger partial charge in [-0.2, -0.15) is 0 Å². The number of carbonyl (C=O) groups excluding carboxylic acids is 3. The van der Waals surface area contributed by atoms with E-state index >= 15 is 0 Å². The lowest BCUT2D eigenvalue weighted by Gasteiger charge is -2.18. The van der Waals surface area contributed by atoms with Gasteiger partial charge in [0.15, 0.2) is 6.10 Å². The molecule has 0 radical (unpaired) electrons. The summed E-state index contributed by atoms with van der Waals surface area (Å²) in [5, 5.41) is 0. The van der Waals surface area contributed by atoms with E-state index in [4.69, 9.17) is 14.2 Å². The number of ether oxygens (including phenoxy) is 3. The highest BCUT2D eigenvalue weighted by Gasteiger charge is 2.19. The molecule has 0 aromatic heterocycles. The third-order valence-electron chi connectivity index (χ3n) is 12.7. The van der Waals surface area contributed by atoms with Crippen molar-refractivity contribution in [2.75, 3.05) is 13.2 Å². The van der Waals surface area contributed by atoms with Crippen molar-refractivity contribution in [2.24, 2.45) is 0 Å². The maximum atomic E-state index is 12.8. The van der Waals surface area contributed by atoms with Gasteiger partial charge in [0.25, 0.3) is 0 Å². The van der Waals surface area contributed by atoms with Crippen LogP contribution in [0, 0.1) is 0 Å². The van der Waals surface area contributed by atoms with Crippen molar-refractivity contribution >= 4 is 17.9 Å². The van der Waals surface area contributed by atoms with Crippen LogP contribution in [0.2, 0.25) is 0 Å². The van der Waals surface area contributed by atoms with Crippen LogP contribution in [0.15, 0.2) is 109 Å². The zero-order valence-corrected chi connectivity index (χ0v) is 47.6. The molecule has 6 heteroatoms. The van der Waals surface area contributed by atoms with Crippen LogP contribution in [0.25, 0.3) is 0 Å². The molecule has 0 spiro atoms. The van der Waals surface area contributed by atoms with Crippen molar-refractivity contribution in [1.29, 1.82) is 0 Å². The lowest BCUT2D eigenvalue weighted by molar-refractivity contribution is -0.166. The topological polar surface area (TPSA) is 78.9 Å². The molecule has 0 aliphatic rings. The number of hydrogen-bond acceptors (Lipinski definition) is 6. The van der Waals surface area contributed by atoms with E-state index in [2.05, 4.69) is 124 Å². The van der Waals surface area contributed by atoms with Crippen LogP contribution in [-0.2, 0) is 28.6 Å². The van der Waals surface area contributed by atoms with E-state index < -0.39 is 12.1 Å². The fourth-order valence-corrected chi connectivity index (χ4v) is 8.20. The van der Waals surface area contributed by atoms with Gasteiger partial charge >= 0.3 is 17.9 Å². The highest BCUT2D eigenvalue weighted by Crippen LogP contribution is 2.15. The molecule has 0 saturated heterocycles. The van der Waals surface area contributed by atoms with Gasteiger partial charge in [0.05, 0.1) is 0 Å². The van der Waals surface area contributed by atoms with Crippen molar-refractivity contribution in [3.05, 3.63) is 109 Å². The van der Waals surface area contributed by atoms with Gasteiger partial charge in [-0.25, -0.2) is 0 Å². The van der Waals surface area contributed by atoms with E-state index in [-0.39, 0.29) is 31.6 Å². The van der Waals surface area contributed by atoms with Crippen LogP contribution in [-0.4, -0.2) is 37.2 Å². The summed E-state index contributed by atoms with van der Waals surface area (Å²) in [6, 6.07) is 0. The van der Waals surface area contributed by atoms with E-state index in [9.17, 15) is 14.4 Å². The lowest BCUT2D eigenvalue weighted by atomic mass is 10.1. The number of rotatable bonds is 54. The van der Waals surface area contributed by atoms with Crippen LogP contribution in [0.1, 0.15) is 278 Å². The van der Waals surface area contributed by atoms with Crippen LogP contribution in [0.5, 0.6) is 0 Å². The minimum atomic E-state index is -0.828. The first-order valence-corrected chi connectivity index (χ1v) is 30.4. The molecule has 0 aliphatic carbocycles. The molecule has 0 heterocycles. The smallest absolute Gasteiger partial charge is 0.306 e. The quantitative estimate of drug-likeness (QED) is 0.0261. The molecular weight excluding hydrogens is 901 g/mol. The Morgan fingerprint density at radius 1 is 0.288 bits per heavy atom. The Morgan fingerprint density at radius 2 is 0.562 bits per heavy atom. The van der Waals surface area contributed by atoms with Crippen molar-refractivity contribution in [2.45, 2.75) is 284 Å². The average molecular weight is 1010 g/mol. The van der Waals surface area contributed by atoms with E-state index in [1.54, 1.807) is 0 Å². The summed E-state index contributed by atoms with van der Waals surface area (Å²) < 4.78 is 16.8. The molecule has 0 amide bonds. The van der Waals surface area contributed by atoms with E-state index in [1.165, 1.54) is 128 Å². The van der Waals surface area contributed by atoms with Crippen molar-refractivity contribution in [1.82, 2.24) is 0 Å². The molecule has 0 rings (SSSR count). The van der Waals surface area contributed by atoms with E-state index in [0.717, 1.165) is 103 Å².